The Balaban J connectivity index is 0.906. The number of hydrogen-bond acceptors (Lipinski definition) is 11. The molecule has 55 heavy (non-hydrogen) atoms. The van der Waals surface area contributed by atoms with Crippen LogP contribution in [0.5, 0.6) is 0 Å². The lowest BCUT2D eigenvalue weighted by atomic mass is 9.94. The van der Waals surface area contributed by atoms with Crippen molar-refractivity contribution in [1.82, 2.24) is 10.6 Å². The summed E-state index contributed by atoms with van der Waals surface area (Å²) in [4.78, 5) is 48.2. The Kier molecular flexibility index (Phi) is 18.4. The molecule has 0 spiro atoms. The van der Waals surface area contributed by atoms with Gasteiger partial charge in [-0.25, -0.2) is 9.59 Å². The Morgan fingerprint density at radius 2 is 0.855 bits per heavy atom. The average Bonchev–Trinajstić information content (AvgIpc) is 3.97. The van der Waals surface area contributed by atoms with Crippen molar-refractivity contribution in [3.63, 3.8) is 0 Å². The third-order valence-electron chi connectivity index (χ3n) is 10.6. The maximum atomic E-state index is 12.1. The first-order valence-electron chi connectivity index (χ1n) is 20.2. The van der Waals surface area contributed by atoms with Crippen molar-refractivity contribution in [3.8, 4) is 23.7 Å². The number of carbonyl (C=O) groups is 4. The van der Waals surface area contributed by atoms with Crippen molar-refractivity contribution >= 4 is 24.1 Å². The summed E-state index contributed by atoms with van der Waals surface area (Å²) in [6, 6.07) is 0. The van der Waals surface area contributed by atoms with E-state index in [2.05, 4.69) is 34.3 Å². The van der Waals surface area contributed by atoms with Gasteiger partial charge >= 0.3 is 24.1 Å². The maximum Gasteiger partial charge on any atom is 0.407 e. The molecule has 4 aliphatic carbocycles. The SMILES string of the molecule is CC(C)(COCCOC(=O)CCNC(=O)OCC1[C@H]2CCC#CCC[C@@H]12)COCC(C)(C)COCCOC(=O)CCNC(=O)OCC1[C@H]2CCC#CCC[C@@H]12. The van der Waals surface area contributed by atoms with Gasteiger partial charge < -0.3 is 43.8 Å². The number of fused-ring (bicyclic) bond motifs is 2. The Morgan fingerprint density at radius 3 is 1.22 bits per heavy atom. The Labute approximate surface area is 327 Å². The predicted molar refractivity (Wildman–Crippen MR) is 203 cm³/mol. The van der Waals surface area contributed by atoms with Gasteiger partial charge in [0, 0.05) is 49.6 Å². The summed E-state index contributed by atoms with van der Waals surface area (Å²) in [6.07, 6.45) is 7.11. The van der Waals surface area contributed by atoms with Crippen molar-refractivity contribution in [1.29, 1.82) is 0 Å². The number of amides is 2. The van der Waals surface area contributed by atoms with Crippen LogP contribution in [0.2, 0.25) is 0 Å². The standard InChI is InChI=1S/C42H64N2O11/c1-41(2,27-49-21-23-52-37(45)17-19-43-39(47)54-25-35-31-13-9-5-6-10-14-32(31)35)29-51-30-42(3,4)28-50-22-24-53-38(46)18-20-44-40(48)55-26-36-33-15-11-7-8-12-16-34(33)36/h31-36H,9-30H2,1-4H3,(H,43,47)(H,44,48)/t31-,32+,33-,34+,35?,36?. The number of nitrogens with one attached hydrogen (secondary N) is 2. The van der Waals surface area contributed by atoms with Gasteiger partial charge in [0.25, 0.3) is 0 Å². The molecule has 0 aromatic carbocycles. The van der Waals surface area contributed by atoms with Crippen LogP contribution in [0.25, 0.3) is 0 Å². The topological polar surface area (TPSA) is 157 Å². The highest BCUT2D eigenvalue weighted by Gasteiger charge is 2.50. The van der Waals surface area contributed by atoms with E-state index in [1.54, 1.807) is 0 Å². The molecule has 0 radical (unpaired) electrons. The second-order valence-corrected chi connectivity index (χ2v) is 16.8. The van der Waals surface area contributed by atoms with Crippen LogP contribution in [0.15, 0.2) is 0 Å². The maximum absolute atomic E-state index is 12.1. The van der Waals surface area contributed by atoms with Crippen molar-refractivity contribution in [2.45, 2.75) is 91.9 Å². The molecule has 0 bridgehead atoms. The smallest absolute Gasteiger partial charge is 0.407 e. The minimum Gasteiger partial charge on any atom is -0.463 e. The van der Waals surface area contributed by atoms with Crippen molar-refractivity contribution in [2.24, 2.45) is 46.3 Å². The molecule has 2 amide bonds. The van der Waals surface area contributed by atoms with Gasteiger partial charge in [0.1, 0.15) is 13.2 Å². The van der Waals surface area contributed by atoms with E-state index < -0.39 is 24.1 Å². The monoisotopic (exact) mass is 772 g/mol. The lowest BCUT2D eigenvalue weighted by Crippen LogP contribution is -2.32. The summed E-state index contributed by atoms with van der Waals surface area (Å²) in [6.45, 7) is 11.8. The first-order valence-corrected chi connectivity index (χ1v) is 20.2. The summed E-state index contributed by atoms with van der Waals surface area (Å²) < 4.78 is 38.7. The number of carbonyl (C=O) groups excluding carboxylic acids is 4. The van der Waals surface area contributed by atoms with Crippen LogP contribution in [0.4, 0.5) is 9.59 Å². The van der Waals surface area contributed by atoms with Gasteiger partial charge in [0.05, 0.1) is 65.7 Å². The third-order valence-corrected chi connectivity index (χ3v) is 10.6. The second-order valence-electron chi connectivity index (χ2n) is 16.8. The summed E-state index contributed by atoms with van der Waals surface area (Å²) in [5.74, 6) is 15.2. The van der Waals surface area contributed by atoms with Crippen LogP contribution >= 0.6 is 0 Å². The highest BCUT2D eigenvalue weighted by Crippen LogP contribution is 2.53. The number of rotatable bonds is 24. The molecule has 13 nitrogen and oxygen atoms in total. The van der Waals surface area contributed by atoms with Crippen LogP contribution in [-0.2, 0) is 42.7 Å². The quantitative estimate of drug-likeness (QED) is 0.0569. The molecule has 6 atom stereocenters. The summed E-state index contributed by atoms with van der Waals surface area (Å²) in [5.41, 5.74) is -0.528. The zero-order valence-electron chi connectivity index (χ0n) is 33.5. The van der Waals surface area contributed by atoms with E-state index in [4.69, 9.17) is 33.2 Å². The molecular weight excluding hydrogens is 708 g/mol. The molecule has 13 heteroatoms. The van der Waals surface area contributed by atoms with E-state index in [1.165, 1.54) is 0 Å². The second kappa shape index (κ2) is 22.9. The van der Waals surface area contributed by atoms with Gasteiger partial charge in [-0.05, 0) is 61.2 Å². The summed E-state index contributed by atoms with van der Waals surface area (Å²) >= 11 is 0. The first-order chi connectivity index (χ1) is 26.4. The Hall–Kier alpha value is -3.52. The van der Waals surface area contributed by atoms with Gasteiger partial charge in [-0.15, -0.1) is 23.7 Å². The normalized spacial score (nSPS) is 23.9. The molecule has 0 aromatic rings. The minimum absolute atomic E-state index is 0.0561. The molecule has 0 heterocycles. The molecule has 2 saturated carbocycles. The Bertz CT molecular complexity index is 1240. The van der Waals surface area contributed by atoms with Gasteiger partial charge in [-0.2, -0.15) is 0 Å². The fourth-order valence-corrected chi connectivity index (χ4v) is 7.50. The van der Waals surface area contributed by atoms with Crippen molar-refractivity contribution < 1.29 is 52.3 Å². The molecule has 2 unspecified atom stereocenters. The largest absolute Gasteiger partial charge is 0.463 e. The number of hydrogen-bond donors (Lipinski definition) is 2. The number of esters is 2. The van der Waals surface area contributed by atoms with Crippen molar-refractivity contribution in [2.75, 3.05) is 79.2 Å². The van der Waals surface area contributed by atoms with Gasteiger partial charge in [0.15, 0.2) is 0 Å². The van der Waals surface area contributed by atoms with E-state index in [-0.39, 0.29) is 63.2 Å². The van der Waals surface area contributed by atoms with Crippen LogP contribution < -0.4 is 10.6 Å². The van der Waals surface area contributed by atoms with Crippen molar-refractivity contribution in [3.05, 3.63) is 0 Å². The van der Waals surface area contributed by atoms with Gasteiger partial charge in [-0.3, -0.25) is 9.59 Å². The van der Waals surface area contributed by atoms with E-state index in [0.29, 0.717) is 75.1 Å². The molecule has 0 saturated heterocycles. The zero-order chi connectivity index (χ0) is 39.5. The highest BCUT2D eigenvalue weighted by atomic mass is 16.6. The molecule has 2 fully saturated rings. The summed E-state index contributed by atoms with van der Waals surface area (Å²) in [5, 5.41) is 5.25. The molecule has 4 aliphatic rings. The van der Waals surface area contributed by atoms with Gasteiger partial charge in [-0.1, -0.05) is 27.7 Å². The molecule has 4 rings (SSSR count). The lowest BCUT2D eigenvalue weighted by molar-refractivity contribution is -0.146. The fraction of sp³-hybridized carbons (Fsp3) is 0.810. The fourth-order valence-electron chi connectivity index (χ4n) is 7.50. The number of alkyl carbamates (subject to hydrolysis) is 2. The lowest BCUT2D eigenvalue weighted by Gasteiger charge is -2.29. The molecule has 0 aromatic heterocycles. The first kappa shape index (κ1) is 44.2. The Morgan fingerprint density at radius 1 is 0.509 bits per heavy atom. The van der Waals surface area contributed by atoms with E-state index >= 15 is 0 Å². The zero-order valence-corrected chi connectivity index (χ0v) is 33.5. The van der Waals surface area contributed by atoms with E-state index in [9.17, 15) is 19.2 Å². The predicted octanol–water partition coefficient (Wildman–Crippen LogP) is 5.29. The minimum atomic E-state index is -0.504. The molecule has 2 N–H and O–H groups in total. The van der Waals surface area contributed by atoms with E-state index in [0.717, 1.165) is 51.4 Å². The van der Waals surface area contributed by atoms with E-state index in [1.807, 2.05) is 27.7 Å². The molecule has 308 valence electrons. The van der Waals surface area contributed by atoms with Crippen LogP contribution in [0.3, 0.4) is 0 Å². The third kappa shape index (κ3) is 17.4. The highest BCUT2D eigenvalue weighted by molar-refractivity contribution is 5.72. The number of ether oxygens (including phenoxy) is 7. The summed E-state index contributed by atoms with van der Waals surface area (Å²) in [7, 11) is 0. The van der Waals surface area contributed by atoms with Crippen LogP contribution in [0, 0.1) is 70.0 Å². The molecule has 0 aliphatic heterocycles. The van der Waals surface area contributed by atoms with Crippen LogP contribution in [0.1, 0.15) is 91.9 Å². The van der Waals surface area contributed by atoms with Gasteiger partial charge in [0.2, 0.25) is 0 Å². The molecular formula is C42H64N2O11. The average molecular weight is 773 g/mol. The van der Waals surface area contributed by atoms with Crippen LogP contribution in [-0.4, -0.2) is 103 Å².